The molecule has 0 bridgehead atoms. The van der Waals surface area contributed by atoms with Crippen LogP contribution >= 0.6 is 23.2 Å². The minimum absolute atomic E-state index is 0.0620. The molecule has 1 N–H and O–H groups in total. The number of methoxy groups -OCH3 is 1. The van der Waals surface area contributed by atoms with Crippen molar-refractivity contribution in [3.05, 3.63) is 86.9 Å². The summed E-state index contributed by atoms with van der Waals surface area (Å²) in [5.74, 6) is 2.85. The monoisotopic (exact) mass is 694 g/mol. The van der Waals surface area contributed by atoms with Gasteiger partial charge in [0.2, 0.25) is 5.91 Å². The lowest BCUT2D eigenvalue weighted by atomic mass is 9.92. The summed E-state index contributed by atoms with van der Waals surface area (Å²) in [7, 11) is 1.21. The molecule has 2 heterocycles. The smallest absolute Gasteiger partial charge is 0.411 e. The summed E-state index contributed by atoms with van der Waals surface area (Å²) in [5, 5.41) is 3.60. The average Bonchev–Trinajstić information content (AvgIpc) is 3.05. The van der Waals surface area contributed by atoms with Crippen molar-refractivity contribution in [1.82, 2.24) is 10.2 Å². The number of carbonyl (C=O) groups excluding carboxylic acids is 3. The van der Waals surface area contributed by atoms with Crippen LogP contribution < -0.4 is 19.5 Å². The number of hydrogen-bond acceptors (Lipinski definition) is 8. The Balaban J connectivity index is 1.32. The van der Waals surface area contributed by atoms with Crippen molar-refractivity contribution in [2.24, 2.45) is 0 Å². The number of ether oxygens (including phenoxy) is 5. The molecule has 10 nitrogen and oxygen atoms in total. The number of hydrogen-bond donors (Lipinski definition) is 1. The Morgan fingerprint density at radius 3 is 2.44 bits per heavy atom. The third-order valence-corrected chi connectivity index (χ3v) is 8.49. The van der Waals surface area contributed by atoms with E-state index < -0.39 is 41.8 Å². The molecule has 12 heteroatoms. The molecule has 2 aliphatic rings. The number of benzene rings is 3. The minimum Gasteiger partial charge on any atom is -0.489 e. The van der Waals surface area contributed by atoms with Gasteiger partial charge in [-0.15, -0.1) is 12.3 Å². The molecule has 48 heavy (non-hydrogen) atoms. The Bertz CT molecular complexity index is 1730. The molecule has 0 aromatic heterocycles. The van der Waals surface area contributed by atoms with Crippen LogP contribution in [-0.2, 0) is 38.6 Å². The summed E-state index contributed by atoms with van der Waals surface area (Å²) in [4.78, 5) is 40.5. The van der Waals surface area contributed by atoms with Crippen molar-refractivity contribution in [3.63, 3.8) is 0 Å². The quantitative estimate of drug-likeness (QED) is 0.212. The summed E-state index contributed by atoms with van der Waals surface area (Å²) in [5.41, 5.74) is 2.54. The Hall–Kier alpha value is -4.59. The first-order chi connectivity index (χ1) is 22.8. The maximum atomic E-state index is 13.5. The predicted octanol–water partition coefficient (Wildman–Crippen LogP) is 6.43. The molecule has 0 saturated heterocycles. The van der Waals surface area contributed by atoms with Crippen LogP contribution in [-0.4, -0.2) is 54.3 Å². The molecular formula is C36H36Cl2N2O8. The highest BCUT2D eigenvalue weighted by Crippen LogP contribution is 2.41. The van der Waals surface area contributed by atoms with Crippen LogP contribution in [0.4, 0.5) is 4.79 Å². The first-order valence-electron chi connectivity index (χ1n) is 15.3. The van der Waals surface area contributed by atoms with Gasteiger partial charge in [0.05, 0.1) is 23.7 Å². The van der Waals surface area contributed by atoms with Crippen molar-refractivity contribution in [1.29, 1.82) is 0 Å². The number of terminal acetylenes is 1. The SMILES string of the molecule is C#CC[C@H](NC(=O)[C@@H]1Cc2cc3c(cc2CN1C(=O)OC(C)(C)C)OC(c1ccc(OCc2ccc(Cl)c(Cl)c2)cc1)CO3)C(=O)OC. The van der Waals surface area contributed by atoms with Crippen molar-refractivity contribution in [3.8, 4) is 29.6 Å². The van der Waals surface area contributed by atoms with E-state index in [2.05, 4.69) is 11.2 Å². The number of rotatable bonds is 8. The fourth-order valence-corrected chi connectivity index (χ4v) is 5.68. The van der Waals surface area contributed by atoms with Gasteiger partial charge in [-0.1, -0.05) is 41.4 Å². The van der Waals surface area contributed by atoms with Crippen molar-refractivity contribution in [2.45, 2.75) is 70.6 Å². The molecule has 2 aliphatic heterocycles. The number of carbonyl (C=O) groups is 3. The highest BCUT2D eigenvalue weighted by molar-refractivity contribution is 6.42. The van der Waals surface area contributed by atoms with E-state index in [9.17, 15) is 14.4 Å². The zero-order valence-corrected chi connectivity index (χ0v) is 28.5. The third-order valence-electron chi connectivity index (χ3n) is 7.75. The van der Waals surface area contributed by atoms with E-state index in [4.69, 9.17) is 53.3 Å². The van der Waals surface area contributed by atoms with Gasteiger partial charge in [0.25, 0.3) is 0 Å². The van der Waals surface area contributed by atoms with Gasteiger partial charge >= 0.3 is 12.1 Å². The molecule has 2 amide bonds. The Labute approximate surface area is 289 Å². The molecule has 252 valence electrons. The molecule has 0 aliphatic carbocycles. The van der Waals surface area contributed by atoms with E-state index >= 15 is 0 Å². The second-order valence-electron chi connectivity index (χ2n) is 12.4. The molecule has 0 radical (unpaired) electrons. The van der Waals surface area contributed by atoms with Crippen LogP contribution in [0.3, 0.4) is 0 Å². The molecular weight excluding hydrogens is 659 g/mol. The molecule has 3 atom stereocenters. The lowest BCUT2D eigenvalue weighted by Gasteiger charge is -2.38. The first kappa shape index (κ1) is 34.7. The van der Waals surface area contributed by atoms with Gasteiger partial charge in [-0.2, -0.15) is 0 Å². The Morgan fingerprint density at radius 1 is 1.04 bits per heavy atom. The van der Waals surface area contributed by atoms with Crippen molar-refractivity contribution in [2.75, 3.05) is 13.7 Å². The second kappa shape index (κ2) is 14.7. The number of nitrogens with one attached hydrogen (secondary N) is 1. The standard InChI is InChI=1S/C36H36Cl2N2O8/c1-6-7-28(34(42)44-5)39-33(41)29-15-23-16-30-31(17-24(23)18-40(29)35(43)48-36(2,3)4)47-32(20-46-30)22-9-11-25(12-10-22)45-19-21-8-13-26(37)27(38)14-21/h1,8-14,16-17,28-29,32H,7,15,18-20H2,2-5H3,(H,39,41)/t28-,29-,32?/m0/s1. The van der Waals surface area contributed by atoms with Gasteiger partial charge in [0.15, 0.2) is 17.6 Å². The number of nitrogens with zero attached hydrogens (tertiary/aromatic N) is 1. The van der Waals surface area contributed by atoms with E-state index in [1.54, 1.807) is 32.9 Å². The fraction of sp³-hybridized carbons (Fsp3) is 0.361. The zero-order chi connectivity index (χ0) is 34.6. The van der Waals surface area contributed by atoms with Crippen LogP contribution in [0.25, 0.3) is 0 Å². The number of esters is 1. The predicted molar refractivity (Wildman–Crippen MR) is 179 cm³/mol. The average molecular weight is 696 g/mol. The highest BCUT2D eigenvalue weighted by Gasteiger charge is 2.39. The maximum absolute atomic E-state index is 13.5. The van der Waals surface area contributed by atoms with Crippen molar-refractivity contribution < 1.29 is 38.1 Å². The number of halogens is 2. The van der Waals surface area contributed by atoms with E-state index in [1.165, 1.54) is 12.0 Å². The second-order valence-corrected chi connectivity index (χ2v) is 13.2. The van der Waals surface area contributed by atoms with Crippen LogP contribution in [0.15, 0.2) is 54.6 Å². The van der Waals surface area contributed by atoms with Gasteiger partial charge in [0, 0.05) is 12.8 Å². The lowest BCUT2D eigenvalue weighted by molar-refractivity contribution is -0.145. The fourth-order valence-electron chi connectivity index (χ4n) is 5.36. The highest BCUT2D eigenvalue weighted by atomic mass is 35.5. The molecule has 0 fully saturated rings. The molecule has 3 aromatic carbocycles. The summed E-state index contributed by atoms with van der Waals surface area (Å²) < 4.78 is 28.8. The van der Waals surface area contributed by atoms with E-state index in [-0.39, 0.29) is 26.0 Å². The summed E-state index contributed by atoms with van der Waals surface area (Å²) in [6.07, 6.45) is 4.43. The Kier molecular flexibility index (Phi) is 10.6. The lowest BCUT2D eigenvalue weighted by Crippen LogP contribution is -2.56. The van der Waals surface area contributed by atoms with E-state index in [1.807, 2.05) is 42.5 Å². The van der Waals surface area contributed by atoms with Crippen LogP contribution in [0, 0.1) is 12.3 Å². The molecule has 3 aromatic rings. The number of amides is 2. The van der Waals surface area contributed by atoms with Crippen LogP contribution in [0.1, 0.15) is 55.5 Å². The van der Waals surface area contributed by atoms with Gasteiger partial charge in [0.1, 0.15) is 36.6 Å². The van der Waals surface area contributed by atoms with Crippen LogP contribution in [0.2, 0.25) is 10.0 Å². The van der Waals surface area contributed by atoms with Gasteiger partial charge in [-0.25, -0.2) is 9.59 Å². The van der Waals surface area contributed by atoms with E-state index in [0.29, 0.717) is 33.9 Å². The third kappa shape index (κ3) is 8.27. The Morgan fingerprint density at radius 2 is 1.77 bits per heavy atom. The zero-order valence-electron chi connectivity index (χ0n) is 27.0. The first-order valence-corrected chi connectivity index (χ1v) is 16.0. The summed E-state index contributed by atoms with van der Waals surface area (Å²) in [6, 6.07) is 14.5. The topological polar surface area (TPSA) is 113 Å². The van der Waals surface area contributed by atoms with Gasteiger partial charge in [-0.3, -0.25) is 9.69 Å². The number of fused-ring (bicyclic) bond motifs is 2. The molecule has 0 saturated carbocycles. The summed E-state index contributed by atoms with van der Waals surface area (Å²) >= 11 is 12.1. The normalized spacial score (nSPS) is 17.3. The largest absolute Gasteiger partial charge is 0.489 e. The van der Waals surface area contributed by atoms with E-state index in [0.717, 1.165) is 22.3 Å². The van der Waals surface area contributed by atoms with Crippen LogP contribution in [0.5, 0.6) is 17.2 Å². The minimum atomic E-state index is -1.06. The molecule has 1 unspecified atom stereocenters. The van der Waals surface area contributed by atoms with Gasteiger partial charge < -0.3 is 29.0 Å². The summed E-state index contributed by atoms with van der Waals surface area (Å²) in [6.45, 7) is 5.89. The molecule has 5 rings (SSSR count). The van der Waals surface area contributed by atoms with Crippen molar-refractivity contribution >= 4 is 41.2 Å². The maximum Gasteiger partial charge on any atom is 0.411 e. The molecule has 0 spiro atoms. The van der Waals surface area contributed by atoms with Gasteiger partial charge in [-0.05, 0) is 79.4 Å².